The van der Waals surface area contributed by atoms with Crippen molar-refractivity contribution in [3.05, 3.63) is 22.2 Å². The number of carbonyl (C=O) groups is 2. The third kappa shape index (κ3) is 3.22. The molecule has 2 aliphatic rings. The van der Waals surface area contributed by atoms with Crippen molar-refractivity contribution in [2.45, 2.75) is 38.1 Å². The van der Waals surface area contributed by atoms with E-state index in [9.17, 15) is 14.7 Å². The van der Waals surface area contributed by atoms with Crippen molar-refractivity contribution in [1.82, 2.24) is 10.3 Å². The summed E-state index contributed by atoms with van der Waals surface area (Å²) in [5.41, 5.74) is -0.228. The normalized spacial score (nSPS) is 26.5. The minimum absolute atomic E-state index is 0.0232. The number of carbonyl (C=O) groups excluding carboxylic acids is 2. The van der Waals surface area contributed by atoms with E-state index in [4.69, 9.17) is 4.74 Å². The van der Waals surface area contributed by atoms with Gasteiger partial charge in [-0.15, -0.1) is 5.01 Å². The maximum atomic E-state index is 12.7. The number of nitrogens with zero attached hydrogens (tertiary/aromatic N) is 2. The zero-order valence-corrected chi connectivity index (χ0v) is 15.7. The molecule has 0 aromatic heterocycles. The average molecular weight is 410 g/mol. The van der Waals surface area contributed by atoms with Gasteiger partial charge in [0.15, 0.2) is 11.5 Å². The second-order valence-electron chi connectivity index (χ2n) is 6.61. The number of amides is 3. The topological polar surface area (TPSA) is 91.2 Å². The Bertz CT molecular complexity index is 742. The highest BCUT2D eigenvalue weighted by Crippen LogP contribution is 2.37. The summed E-state index contributed by atoms with van der Waals surface area (Å²) in [4.78, 5) is 24.9. The van der Waals surface area contributed by atoms with Crippen LogP contribution < -0.4 is 10.1 Å². The number of hydrazone groups is 1. The van der Waals surface area contributed by atoms with Gasteiger partial charge >= 0.3 is 6.03 Å². The van der Waals surface area contributed by atoms with E-state index in [1.807, 2.05) is 0 Å². The van der Waals surface area contributed by atoms with Crippen molar-refractivity contribution in [3.8, 4) is 11.5 Å². The van der Waals surface area contributed by atoms with Crippen LogP contribution in [0.1, 0.15) is 38.2 Å². The van der Waals surface area contributed by atoms with Crippen LogP contribution in [0.3, 0.4) is 0 Å². The molecular weight excluding hydrogens is 390 g/mol. The number of methoxy groups -OCH3 is 1. The van der Waals surface area contributed by atoms with Gasteiger partial charge in [-0.05, 0) is 65.2 Å². The molecule has 134 valence electrons. The molecule has 1 aliphatic carbocycles. The van der Waals surface area contributed by atoms with Gasteiger partial charge in [-0.1, -0.05) is 6.92 Å². The highest BCUT2D eigenvalue weighted by atomic mass is 79.9. The molecular formula is C17H20BrN3O4. The second-order valence-corrected chi connectivity index (χ2v) is 7.46. The number of aromatic hydroxyl groups is 1. The molecule has 1 aromatic carbocycles. The van der Waals surface area contributed by atoms with Crippen molar-refractivity contribution in [3.63, 3.8) is 0 Å². The number of halogens is 1. The molecule has 2 fully saturated rings. The summed E-state index contributed by atoms with van der Waals surface area (Å²) in [5, 5.41) is 17.6. The zero-order chi connectivity index (χ0) is 18.2. The van der Waals surface area contributed by atoms with Crippen LogP contribution in [0, 0.1) is 5.92 Å². The van der Waals surface area contributed by atoms with Crippen LogP contribution in [-0.2, 0) is 4.79 Å². The molecule has 2 N–H and O–H groups in total. The fraction of sp³-hybridized carbons (Fsp3) is 0.471. The molecule has 0 unspecified atom stereocenters. The largest absolute Gasteiger partial charge is 0.503 e. The lowest BCUT2D eigenvalue weighted by Crippen LogP contribution is -2.49. The number of hydrogen-bond acceptors (Lipinski definition) is 5. The van der Waals surface area contributed by atoms with E-state index in [1.165, 1.54) is 13.3 Å². The van der Waals surface area contributed by atoms with Gasteiger partial charge in [0.25, 0.3) is 5.91 Å². The van der Waals surface area contributed by atoms with Crippen LogP contribution in [-0.4, -0.2) is 40.9 Å². The van der Waals surface area contributed by atoms with Crippen LogP contribution in [0.2, 0.25) is 0 Å². The fourth-order valence-corrected chi connectivity index (χ4v) is 3.71. The molecule has 1 aliphatic heterocycles. The molecule has 1 spiro atoms. The van der Waals surface area contributed by atoms with E-state index < -0.39 is 11.6 Å². The molecule has 3 amide bonds. The van der Waals surface area contributed by atoms with Gasteiger partial charge < -0.3 is 15.2 Å². The van der Waals surface area contributed by atoms with E-state index in [1.54, 1.807) is 12.1 Å². The Morgan fingerprint density at radius 1 is 1.40 bits per heavy atom. The van der Waals surface area contributed by atoms with Crippen molar-refractivity contribution >= 4 is 34.1 Å². The summed E-state index contributed by atoms with van der Waals surface area (Å²) >= 11 is 3.23. The number of hydrogen-bond donors (Lipinski definition) is 2. The van der Waals surface area contributed by atoms with Gasteiger partial charge in [0.2, 0.25) is 0 Å². The van der Waals surface area contributed by atoms with E-state index in [0.717, 1.165) is 17.9 Å². The Hall–Kier alpha value is -2.09. The van der Waals surface area contributed by atoms with Crippen molar-refractivity contribution < 1.29 is 19.4 Å². The molecule has 8 heteroatoms. The van der Waals surface area contributed by atoms with Crippen LogP contribution in [0.15, 0.2) is 21.7 Å². The van der Waals surface area contributed by atoms with Crippen molar-refractivity contribution in [1.29, 1.82) is 0 Å². The molecule has 0 atom stereocenters. The maximum absolute atomic E-state index is 12.7. The Labute approximate surface area is 154 Å². The number of urea groups is 1. The molecule has 1 saturated carbocycles. The number of phenols is 1. The SMILES string of the molecule is COc1cc(/C=N/N2C(=O)NC3(CCC(C)CC3)C2=O)cc(Br)c1O. The molecule has 3 rings (SSSR count). The first kappa shape index (κ1) is 17.7. The molecule has 0 radical (unpaired) electrons. The number of imide groups is 1. The van der Waals surface area contributed by atoms with Crippen LogP contribution in [0.5, 0.6) is 11.5 Å². The first-order chi connectivity index (χ1) is 11.9. The number of ether oxygens (including phenoxy) is 1. The first-order valence-corrected chi connectivity index (χ1v) is 8.93. The number of benzene rings is 1. The van der Waals surface area contributed by atoms with E-state index in [0.29, 0.717) is 28.8 Å². The molecule has 1 aromatic rings. The van der Waals surface area contributed by atoms with E-state index in [2.05, 4.69) is 33.3 Å². The summed E-state index contributed by atoms with van der Waals surface area (Å²) in [6.07, 6.45) is 4.50. The summed E-state index contributed by atoms with van der Waals surface area (Å²) in [6, 6.07) is 2.69. The maximum Gasteiger partial charge on any atom is 0.346 e. The standard InChI is InChI=1S/C17H20BrN3O4/c1-10-3-5-17(6-4-10)15(23)21(16(24)20-17)19-9-11-7-12(18)14(22)13(8-11)25-2/h7-10,22H,3-6H2,1-2H3,(H,20,24)/b19-9+. The zero-order valence-electron chi connectivity index (χ0n) is 14.1. The van der Waals surface area contributed by atoms with Gasteiger partial charge in [-0.25, -0.2) is 4.79 Å². The Balaban J connectivity index is 1.81. The first-order valence-electron chi connectivity index (χ1n) is 8.13. The van der Waals surface area contributed by atoms with E-state index in [-0.39, 0.29) is 17.4 Å². The smallest absolute Gasteiger partial charge is 0.346 e. The molecule has 0 bridgehead atoms. The van der Waals surface area contributed by atoms with Gasteiger partial charge in [-0.2, -0.15) is 5.10 Å². The predicted molar refractivity (Wildman–Crippen MR) is 95.7 cm³/mol. The summed E-state index contributed by atoms with van der Waals surface area (Å²) < 4.78 is 5.51. The lowest BCUT2D eigenvalue weighted by Gasteiger charge is -2.33. The van der Waals surface area contributed by atoms with Gasteiger partial charge in [-0.3, -0.25) is 4.79 Å². The molecule has 7 nitrogen and oxygen atoms in total. The second kappa shape index (κ2) is 6.67. The van der Waals surface area contributed by atoms with Gasteiger partial charge in [0.05, 0.1) is 17.8 Å². The average Bonchev–Trinajstić information content (AvgIpc) is 2.82. The third-order valence-electron chi connectivity index (χ3n) is 4.86. The monoisotopic (exact) mass is 409 g/mol. The lowest BCUT2D eigenvalue weighted by atomic mass is 9.77. The Morgan fingerprint density at radius 3 is 2.72 bits per heavy atom. The third-order valence-corrected chi connectivity index (χ3v) is 5.47. The predicted octanol–water partition coefficient (Wildman–Crippen LogP) is 3.00. The summed E-state index contributed by atoms with van der Waals surface area (Å²) in [5.74, 6) is 0.510. The lowest BCUT2D eigenvalue weighted by molar-refractivity contribution is -0.132. The number of rotatable bonds is 3. The molecule has 25 heavy (non-hydrogen) atoms. The highest BCUT2D eigenvalue weighted by molar-refractivity contribution is 9.10. The Morgan fingerprint density at radius 2 is 2.08 bits per heavy atom. The molecule has 1 heterocycles. The van der Waals surface area contributed by atoms with Gasteiger partial charge in [0.1, 0.15) is 5.54 Å². The fourth-order valence-electron chi connectivity index (χ4n) is 3.25. The number of nitrogens with one attached hydrogen (secondary N) is 1. The van der Waals surface area contributed by atoms with Crippen LogP contribution in [0.25, 0.3) is 0 Å². The molecule has 1 saturated heterocycles. The van der Waals surface area contributed by atoms with Crippen molar-refractivity contribution in [2.24, 2.45) is 11.0 Å². The van der Waals surface area contributed by atoms with Crippen molar-refractivity contribution in [2.75, 3.05) is 7.11 Å². The minimum atomic E-state index is -0.811. The van der Waals surface area contributed by atoms with E-state index >= 15 is 0 Å². The summed E-state index contributed by atoms with van der Waals surface area (Å²) in [6.45, 7) is 2.15. The summed E-state index contributed by atoms with van der Waals surface area (Å²) in [7, 11) is 1.44. The van der Waals surface area contributed by atoms with Crippen LogP contribution >= 0.6 is 15.9 Å². The quantitative estimate of drug-likeness (QED) is 0.592. The van der Waals surface area contributed by atoms with Gasteiger partial charge in [0, 0.05) is 0 Å². The highest BCUT2D eigenvalue weighted by Gasteiger charge is 2.52. The Kier molecular flexibility index (Phi) is 4.73. The number of phenolic OH excluding ortho intramolecular Hbond substituents is 1. The minimum Gasteiger partial charge on any atom is -0.503 e. The van der Waals surface area contributed by atoms with Crippen LogP contribution in [0.4, 0.5) is 4.79 Å².